The molecule has 0 radical (unpaired) electrons. The Hall–Kier alpha value is -2.48. The lowest BCUT2D eigenvalue weighted by molar-refractivity contribution is 0.412. The van der Waals surface area contributed by atoms with Gasteiger partial charge in [0.25, 0.3) is 0 Å². The molecule has 0 spiro atoms. The van der Waals surface area contributed by atoms with Crippen LogP contribution in [-0.4, -0.2) is 12.2 Å². The van der Waals surface area contributed by atoms with Crippen molar-refractivity contribution in [3.63, 3.8) is 0 Å². The Morgan fingerprint density at radius 3 is 2.55 bits per heavy atom. The van der Waals surface area contributed by atoms with Crippen molar-refractivity contribution in [3.05, 3.63) is 59.2 Å². The molecule has 1 aliphatic carbocycles. The van der Waals surface area contributed by atoms with Crippen LogP contribution < -0.4 is 4.74 Å². The third kappa shape index (κ3) is 1.80. The van der Waals surface area contributed by atoms with Gasteiger partial charge >= 0.3 is 0 Å². The molecule has 0 saturated heterocycles. The third-order valence-electron chi connectivity index (χ3n) is 4.66. The van der Waals surface area contributed by atoms with Gasteiger partial charge in [-0.2, -0.15) is 0 Å². The first-order valence-corrected chi connectivity index (χ1v) is 7.60. The summed E-state index contributed by atoms with van der Waals surface area (Å²) in [5, 5.41) is 12.4. The SMILES string of the molecule is COc1cc2c(O)cc3c(c2cc1C)-c1ccccc1CC3. The quantitative estimate of drug-likeness (QED) is 0.708. The van der Waals surface area contributed by atoms with Crippen LogP contribution in [0.2, 0.25) is 0 Å². The first-order chi connectivity index (χ1) is 10.7. The van der Waals surface area contributed by atoms with E-state index < -0.39 is 0 Å². The highest BCUT2D eigenvalue weighted by atomic mass is 16.5. The number of phenols is 1. The van der Waals surface area contributed by atoms with E-state index >= 15 is 0 Å². The van der Waals surface area contributed by atoms with Gasteiger partial charge in [-0.3, -0.25) is 0 Å². The first kappa shape index (κ1) is 13.2. The van der Waals surface area contributed by atoms with E-state index in [2.05, 4.69) is 30.3 Å². The average molecular weight is 290 g/mol. The molecular weight excluding hydrogens is 272 g/mol. The summed E-state index contributed by atoms with van der Waals surface area (Å²) in [4.78, 5) is 0. The number of phenolic OH excluding ortho intramolecular Hbond substituents is 1. The maximum Gasteiger partial charge on any atom is 0.123 e. The highest BCUT2D eigenvalue weighted by Crippen LogP contribution is 2.43. The molecule has 0 aliphatic heterocycles. The number of hydrogen-bond acceptors (Lipinski definition) is 2. The van der Waals surface area contributed by atoms with Gasteiger partial charge < -0.3 is 9.84 Å². The van der Waals surface area contributed by atoms with Crippen LogP contribution in [0.1, 0.15) is 16.7 Å². The van der Waals surface area contributed by atoms with Crippen LogP contribution in [-0.2, 0) is 12.8 Å². The molecule has 4 rings (SSSR count). The second-order valence-corrected chi connectivity index (χ2v) is 5.95. The van der Waals surface area contributed by atoms with E-state index in [0.717, 1.165) is 34.9 Å². The van der Waals surface area contributed by atoms with E-state index in [1.165, 1.54) is 22.3 Å². The van der Waals surface area contributed by atoms with E-state index in [1.54, 1.807) is 7.11 Å². The van der Waals surface area contributed by atoms with Gasteiger partial charge in [-0.1, -0.05) is 24.3 Å². The van der Waals surface area contributed by atoms with Gasteiger partial charge in [0.05, 0.1) is 7.11 Å². The second kappa shape index (κ2) is 4.77. The van der Waals surface area contributed by atoms with Crippen LogP contribution in [0.25, 0.3) is 21.9 Å². The topological polar surface area (TPSA) is 29.5 Å². The lowest BCUT2D eigenvalue weighted by Crippen LogP contribution is -2.04. The molecule has 0 unspecified atom stereocenters. The molecule has 0 fully saturated rings. The summed E-state index contributed by atoms with van der Waals surface area (Å²) in [7, 11) is 1.67. The highest BCUT2D eigenvalue weighted by molar-refractivity contribution is 6.03. The summed E-state index contributed by atoms with van der Waals surface area (Å²) in [6.45, 7) is 2.05. The normalized spacial score (nSPS) is 12.8. The summed E-state index contributed by atoms with van der Waals surface area (Å²) in [6.07, 6.45) is 2.00. The largest absolute Gasteiger partial charge is 0.507 e. The summed E-state index contributed by atoms with van der Waals surface area (Å²) in [5.74, 6) is 1.15. The molecule has 0 bridgehead atoms. The van der Waals surface area contributed by atoms with Gasteiger partial charge in [0.1, 0.15) is 11.5 Å². The van der Waals surface area contributed by atoms with Crippen molar-refractivity contribution in [2.75, 3.05) is 7.11 Å². The van der Waals surface area contributed by atoms with Crippen LogP contribution in [0.3, 0.4) is 0 Å². The molecule has 1 aliphatic rings. The molecule has 22 heavy (non-hydrogen) atoms. The van der Waals surface area contributed by atoms with E-state index in [4.69, 9.17) is 4.74 Å². The van der Waals surface area contributed by atoms with E-state index in [9.17, 15) is 5.11 Å². The van der Waals surface area contributed by atoms with Crippen LogP contribution in [0.4, 0.5) is 0 Å². The molecule has 3 aromatic carbocycles. The number of benzene rings is 3. The number of hydrogen-bond donors (Lipinski definition) is 1. The van der Waals surface area contributed by atoms with Gasteiger partial charge in [0, 0.05) is 5.39 Å². The van der Waals surface area contributed by atoms with Crippen molar-refractivity contribution in [2.45, 2.75) is 19.8 Å². The van der Waals surface area contributed by atoms with Gasteiger partial charge in [0.15, 0.2) is 0 Å². The van der Waals surface area contributed by atoms with Gasteiger partial charge in [0.2, 0.25) is 0 Å². The number of ether oxygens (including phenoxy) is 1. The number of aromatic hydroxyl groups is 1. The Labute approximate surface area is 130 Å². The molecule has 2 nitrogen and oxygen atoms in total. The molecule has 0 saturated carbocycles. The predicted molar refractivity (Wildman–Crippen MR) is 89.7 cm³/mol. The monoisotopic (exact) mass is 290 g/mol. The lowest BCUT2D eigenvalue weighted by atomic mass is 9.82. The maximum atomic E-state index is 10.4. The zero-order chi connectivity index (χ0) is 15.3. The van der Waals surface area contributed by atoms with Crippen LogP contribution in [0.5, 0.6) is 11.5 Å². The summed E-state index contributed by atoms with van der Waals surface area (Å²) in [5.41, 5.74) is 6.26. The van der Waals surface area contributed by atoms with Crippen molar-refractivity contribution in [1.82, 2.24) is 0 Å². The Kier molecular flexibility index (Phi) is 2.86. The highest BCUT2D eigenvalue weighted by Gasteiger charge is 2.20. The minimum absolute atomic E-state index is 0.339. The maximum absolute atomic E-state index is 10.4. The molecule has 0 atom stereocenters. The van der Waals surface area contributed by atoms with Gasteiger partial charge in [-0.05, 0) is 71.2 Å². The molecule has 110 valence electrons. The Morgan fingerprint density at radius 1 is 0.955 bits per heavy atom. The molecule has 0 heterocycles. The molecule has 0 aromatic heterocycles. The number of fused-ring (bicyclic) bond motifs is 5. The fraction of sp³-hybridized carbons (Fsp3) is 0.200. The summed E-state index contributed by atoms with van der Waals surface area (Å²) >= 11 is 0. The van der Waals surface area contributed by atoms with Crippen molar-refractivity contribution < 1.29 is 9.84 Å². The van der Waals surface area contributed by atoms with Crippen molar-refractivity contribution >= 4 is 10.8 Å². The summed E-state index contributed by atoms with van der Waals surface area (Å²) in [6, 6.07) is 14.6. The van der Waals surface area contributed by atoms with Gasteiger partial charge in [-0.25, -0.2) is 0 Å². The number of rotatable bonds is 1. The second-order valence-electron chi connectivity index (χ2n) is 5.95. The molecule has 2 heteroatoms. The smallest absolute Gasteiger partial charge is 0.123 e. The Balaban J connectivity index is 2.13. The standard InChI is InChI=1S/C20H18O2/c1-12-9-17-16(11-19(12)22-2)18(21)10-14-8-7-13-5-3-4-6-15(13)20(14)17/h3-6,9-11,21H,7-8H2,1-2H3. The predicted octanol–water partition coefficient (Wildman–Crippen LogP) is 4.63. The Morgan fingerprint density at radius 2 is 1.73 bits per heavy atom. The third-order valence-corrected chi connectivity index (χ3v) is 4.66. The zero-order valence-electron chi connectivity index (χ0n) is 12.8. The summed E-state index contributed by atoms with van der Waals surface area (Å²) < 4.78 is 5.41. The zero-order valence-corrected chi connectivity index (χ0v) is 12.8. The van der Waals surface area contributed by atoms with Crippen LogP contribution in [0, 0.1) is 6.92 Å². The molecular formula is C20H18O2. The lowest BCUT2D eigenvalue weighted by Gasteiger charge is -2.23. The van der Waals surface area contributed by atoms with Crippen LogP contribution in [0.15, 0.2) is 42.5 Å². The minimum Gasteiger partial charge on any atom is -0.507 e. The van der Waals surface area contributed by atoms with E-state index in [-0.39, 0.29) is 0 Å². The van der Waals surface area contributed by atoms with E-state index in [0.29, 0.717) is 5.75 Å². The fourth-order valence-corrected chi connectivity index (χ4v) is 3.58. The van der Waals surface area contributed by atoms with Crippen molar-refractivity contribution in [3.8, 4) is 22.6 Å². The average Bonchev–Trinajstić information content (AvgIpc) is 2.54. The Bertz CT molecular complexity index is 894. The molecule has 3 aromatic rings. The fourth-order valence-electron chi connectivity index (χ4n) is 3.58. The first-order valence-electron chi connectivity index (χ1n) is 7.60. The minimum atomic E-state index is 0.339. The molecule has 0 amide bonds. The van der Waals surface area contributed by atoms with E-state index in [1.807, 2.05) is 19.1 Å². The molecule has 1 N–H and O–H groups in total. The van der Waals surface area contributed by atoms with Crippen molar-refractivity contribution in [2.24, 2.45) is 0 Å². The van der Waals surface area contributed by atoms with Gasteiger partial charge in [-0.15, -0.1) is 0 Å². The van der Waals surface area contributed by atoms with Crippen LogP contribution >= 0.6 is 0 Å². The number of methoxy groups -OCH3 is 1. The number of aryl methyl sites for hydroxylation is 3. The van der Waals surface area contributed by atoms with Crippen molar-refractivity contribution in [1.29, 1.82) is 0 Å².